The molecule has 0 saturated heterocycles. The van der Waals surface area contributed by atoms with Crippen molar-refractivity contribution in [3.05, 3.63) is 69.9 Å². The highest BCUT2D eigenvalue weighted by Crippen LogP contribution is 2.19. The number of hydrogen-bond donors (Lipinski definition) is 2. The maximum Gasteiger partial charge on any atom is 0.287 e. The van der Waals surface area contributed by atoms with Crippen molar-refractivity contribution >= 4 is 26.7 Å². The largest absolute Gasteiger partial charge is 0.287 e. The van der Waals surface area contributed by atoms with Gasteiger partial charge >= 0.3 is 0 Å². The molecule has 3 rings (SSSR count). The van der Waals surface area contributed by atoms with Gasteiger partial charge in [-0.25, -0.2) is 26.3 Å². The molecule has 2 aromatic carbocycles. The Morgan fingerprint density at radius 1 is 1.03 bits per heavy atom. The quantitative estimate of drug-likeness (QED) is 0.300. The lowest BCUT2D eigenvalue weighted by Crippen LogP contribution is -2.43. The van der Waals surface area contributed by atoms with E-state index in [1.165, 1.54) is 12.1 Å². The molecule has 2 N–H and O–H groups in total. The summed E-state index contributed by atoms with van der Waals surface area (Å²) in [6, 6.07) is 7.12. The lowest BCUT2D eigenvalue weighted by molar-refractivity contribution is 0.0939. The van der Waals surface area contributed by atoms with Crippen molar-refractivity contribution in [1.29, 1.82) is 0 Å². The van der Waals surface area contributed by atoms with Gasteiger partial charge in [0.1, 0.15) is 4.90 Å². The molecule has 0 radical (unpaired) electrons. The van der Waals surface area contributed by atoms with E-state index in [9.17, 15) is 31.2 Å². The standard InChI is InChI=1S/C20H19F3N4O4S/c1-2-3-6-11-27-20(29)13-8-5-4-7-12(13)18(25-27)19(28)24-26-32(30,31)15-10-9-14(21)16(22)17(15)23/h4-5,7-10,26H,2-3,6,11H2,1H3,(H,24,28). The molecule has 3 aromatic rings. The second-order valence-electron chi connectivity index (χ2n) is 6.86. The predicted molar refractivity (Wildman–Crippen MR) is 110 cm³/mol. The summed E-state index contributed by atoms with van der Waals surface area (Å²) in [5.41, 5.74) is 1.22. The van der Waals surface area contributed by atoms with Crippen LogP contribution in [0.15, 0.2) is 46.1 Å². The van der Waals surface area contributed by atoms with Crippen LogP contribution in [0, 0.1) is 17.5 Å². The SMILES string of the molecule is CCCCCn1nc(C(=O)NNS(=O)(=O)c2ccc(F)c(F)c2F)c2ccccc2c1=O. The highest BCUT2D eigenvalue weighted by Gasteiger charge is 2.25. The predicted octanol–water partition coefficient (Wildman–Crippen LogP) is 2.63. The first-order valence-electron chi connectivity index (χ1n) is 9.63. The molecule has 170 valence electrons. The normalized spacial score (nSPS) is 11.6. The van der Waals surface area contributed by atoms with Crippen LogP contribution >= 0.6 is 0 Å². The zero-order valence-corrected chi connectivity index (χ0v) is 17.7. The van der Waals surface area contributed by atoms with E-state index in [0.717, 1.165) is 17.5 Å². The number of hydrazine groups is 1. The first kappa shape index (κ1) is 23.4. The fourth-order valence-electron chi connectivity index (χ4n) is 3.01. The molecule has 0 bridgehead atoms. The molecule has 0 unspecified atom stereocenters. The van der Waals surface area contributed by atoms with E-state index >= 15 is 0 Å². The second kappa shape index (κ2) is 9.49. The van der Waals surface area contributed by atoms with Crippen molar-refractivity contribution in [1.82, 2.24) is 20.0 Å². The van der Waals surface area contributed by atoms with E-state index in [1.54, 1.807) is 17.0 Å². The van der Waals surface area contributed by atoms with Crippen LogP contribution in [0.25, 0.3) is 10.8 Å². The molecule has 8 nitrogen and oxygen atoms in total. The molecule has 32 heavy (non-hydrogen) atoms. The third-order valence-electron chi connectivity index (χ3n) is 4.64. The number of hydrogen-bond acceptors (Lipinski definition) is 5. The zero-order chi connectivity index (χ0) is 23.5. The van der Waals surface area contributed by atoms with Gasteiger partial charge in [-0.1, -0.05) is 38.0 Å². The third-order valence-corrected chi connectivity index (χ3v) is 5.91. The number of halogens is 3. The first-order valence-corrected chi connectivity index (χ1v) is 11.1. The van der Waals surface area contributed by atoms with Crippen molar-refractivity contribution in [2.24, 2.45) is 0 Å². The molecule has 0 aliphatic rings. The average molecular weight is 468 g/mol. The van der Waals surface area contributed by atoms with Gasteiger partial charge in [-0.3, -0.25) is 15.0 Å². The number of aryl methyl sites for hydroxylation is 1. The monoisotopic (exact) mass is 468 g/mol. The summed E-state index contributed by atoms with van der Waals surface area (Å²) >= 11 is 0. The Hall–Kier alpha value is -3.25. The Morgan fingerprint density at radius 3 is 2.41 bits per heavy atom. The average Bonchev–Trinajstić information content (AvgIpc) is 2.77. The molecule has 12 heteroatoms. The van der Waals surface area contributed by atoms with Gasteiger partial charge in [0, 0.05) is 11.9 Å². The number of carbonyl (C=O) groups is 1. The van der Waals surface area contributed by atoms with Gasteiger partial charge in [-0.05, 0) is 24.6 Å². The van der Waals surface area contributed by atoms with E-state index in [0.29, 0.717) is 18.6 Å². The van der Waals surface area contributed by atoms with Crippen molar-refractivity contribution in [2.75, 3.05) is 0 Å². The summed E-state index contributed by atoms with van der Waals surface area (Å²) in [7, 11) is -4.78. The molecular formula is C20H19F3N4O4S. The van der Waals surface area contributed by atoms with Crippen LogP contribution < -0.4 is 15.8 Å². The minimum Gasteiger partial charge on any atom is -0.272 e. The summed E-state index contributed by atoms with van der Waals surface area (Å²) < 4.78 is 66.0. The van der Waals surface area contributed by atoms with Crippen LogP contribution in [0.1, 0.15) is 36.7 Å². The molecule has 1 amide bonds. The number of nitrogens with zero attached hydrogens (tertiary/aromatic N) is 2. The van der Waals surface area contributed by atoms with Gasteiger partial charge in [0.25, 0.3) is 21.5 Å². The van der Waals surface area contributed by atoms with E-state index in [4.69, 9.17) is 0 Å². The van der Waals surface area contributed by atoms with Crippen molar-refractivity contribution in [3.8, 4) is 0 Å². The van der Waals surface area contributed by atoms with E-state index < -0.39 is 43.8 Å². The number of fused-ring (bicyclic) bond motifs is 1. The summed E-state index contributed by atoms with van der Waals surface area (Å²) in [5.74, 6) is -6.49. The van der Waals surface area contributed by atoms with Gasteiger partial charge in [0.05, 0.1) is 5.39 Å². The number of aromatic nitrogens is 2. The fourth-order valence-corrected chi connectivity index (χ4v) is 3.92. The lowest BCUT2D eigenvalue weighted by Gasteiger charge is -2.12. The van der Waals surface area contributed by atoms with E-state index in [1.807, 2.05) is 12.3 Å². The van der Waals surface area contributed by atoms with E-state index in [2.05, 4.69) is 5.10 Å². The molecule has 0 fully saturated rings. The number of benzene rings is 2. The van der Waals surface area contributed by atoms with Gasteiger partial charge in [0.15, 0.2) is 23.1 Å². The number of carbonyl (C=O) groups excluding carboxylic acids is 1. The number of rotatable bonds is 8. The van der Waals surface area contributed by atoms with Crippen molar-refractivity contribution in [3.63, 3.8) is 0 Å². The van der Waals surface area contributed by atoms with Crippen LogP contribution in [-0.2, 0) is 16.6 Å². The van der Waals surface area contributed by atoms with Crippen molar-refractivity contribution < 1.29 is 26.4 Å². The van der Waals surface area contributed by atoms with E-state index in [-0.39, 0.29) is 23.0 Å². The van der Waals surface area contributed by atoms with Crippen LogP contribution in [0.5, 0.6) is 0 Å². The molecule has 0 atom stereocenters. The Morgan fingerprint density at radius 2 is 1.72 bits per heavy atom. The minimum absolute atomic E-state index is 0.181. The molecule has 1 heterocycles. The van der Waals surface area contributed by atoms with Crippen LogP contribution in [0.2, 0.25) is 0 Å². The molecule has 0 spiro atoms. The number of sulfonamides is 1. The van der Waals surface area contributed by atoms with Crippen LogP contribution in [-0.4, -0.2) is 24.1 Å². The first-order chi connectivity index (χ1) is 15.2. The number of amides is 1. The highest BCUT2D eigenvalue weighted by molar-refractivity contribution is 7.89. The van der Waals surface area contributed by atoms with Gasteiger partial charge in [-0.2, -0.15) is 5.10 Å². The summed E-state index contributed by atoms with van der Waals surface area (Å²) in [5, 5.41) is 4.45. The molecule has 0 saturated carbocycles. The van der Waals surface area contributed by atoms with Crippen LogP contribution in [0.3, 0.4) is 0 Å². The molecular weight excluding hydrogens is 449 g/mol. The topological polar surface area (TPSA) is 110 Å². The highest BCUT2D eigenvalue weighted by atomic mass is 32.2. The number of unbranched alkanes of at least 4 members (excludes halogenated alkanes) is 2. The second-order valence-corrected chi connectivity index (χ2v) is 8.51. The Labute approximate surface area is 181 Å². The lowest BCUT2D eigenvalue weighted by atomic mass is 10.1. The zero-order valence-electron chi connectivity index (χ0n) is 16.9. The summed E-state index contributed by atoms with van der Waals surface area (Å²) in [4.78, 5) is 25.8. The maximum atomic E-state index is 13.9. The molecule has 0 aliphatic heterocycles. The van der Waals surface area contributed by atoms with Crippen LogP contribution in [0.4, 0.5) is 13.2 Å². The Kier molecular flexibility index (Phi) is 6.94. The molecule has 1 aromatic heterocycles. The van der Waals surface area contributed by atoms with Gasteiger partial charge < -0.3 is 0 Å². The Bertz CT molecular complexity index is 1340. The van der Waals surface area contributed by atoms with Gasteiger partial charge in [-0.15, -0.1) is 4.83 Å². The fraction of sp³-hybridized carbons (Fsp3) is 0.250. The Balaban J connectivity index is 1.92. The van der Waals surface area contributed by atoms with Crippen molar-refractivity contribution in [2.45, 2.75) is 37.6 Å². The summed E-state index contributed by atoms with van der Waals surface area (Å²) in [6.07, 6.45) is 2.38. The minimum atomic E-state index is -4.78. The third kappa shape index (κ3) is 4.65. The van der Waals surface area contributed by atoms with Gasteiger partial charge in [0.2, 0.25) is 0 Å². The smallest absolute Gasteiger partial charge is 0.272 e. The molecule has 0 aliphatic carbocycles. The maximum absolute atomic E-state index is 13.9. The number of nitrogens with one attached hydrogen (secondary N) is 2. The summed E-state index contributed by atoms with van der Waals surface area (Å²) in [6.45, 7) is 2.24.